The van der Waals surface area contributed by atoms with Crippen LogP contribution in [0.2, 0.25) is 13.1 Å². The molecule has 0 bridgehead atoms. The van der Waals surface area contributed by atoms with Gasteiger partial charge < -0.3 is 14.6 Å². The van der Waals surface area contributed by atoms with Gasteiger partial charge in [0, 0.05) is 0 Å². The van der Waals surface area contributed by atoms with Crippen LogP contribution in [0.4, 0.5) is 0 Å². The van der Waals surface area contributed by atoms with E-state index in [0.717, 1.165) is 22.6 Å². The van der Waals surface area contributed by atoms with E-state index >= 15 is 0 Å². The van der Waals surface area contributed by atoms with E-state index in [9.17, 15) is 5.11 Å². The van der Waals surface area contributed by atoms with Gasteiger partial charge in [0.15, 0.2) is 0 Å². The first-order chi connectivity index (χ1) is 10.8. The molecule has 0 amide bonds. The molecule has 3 nitrogen and oxygen atoms in total. The summed E-state index contributed by atoms with van der Waals surface area (Å²) < 4.78 is 11.8. The van der Waals surface area contributed by atoms with E-state index in [4.69, 9.17) is 9.47 Å². The van der Waals surface area contributed by atoms with Crippen molar-refractivity contribution in [3.8, 4) is 17.2 Å². The fourth-order valence-corrected chi connectivity index (χ4v) is 4.70. The number of ether oxygens (including phenoxy) is 2. The highest BCUT2D eigenvalue weighted by Crippen LogP contribution is 2.27. The molecule has 0 spiro atoms. The maximum absolute atomic E-state index is 9.87. The van der Waals surface area contributed by atoms with Crippen molar-refractivity contribution >= 4 is 13.3 Å². The minimum absolute atomic E-state index is 0.343. The Labute approximate surface area is 139 Å². The Bertz CT molecular complexity index is 657. The molecule has 0 aliphatic heterocycles. The summed E-state index contributed by atoms with van der Waals surface area (Å²) in [5, 5.41) is 11.1. The van der Waals surface area contributed by atoms with Crippen LogP contribution < -0.4 is 14.7 Å². The number of aromatic hydroxyl groups is 1. The lowest BCUT2D eigenvalue weighted by Crippen LogP contribution is -2.48. The minimum Gasteiger partial charge on any atom is -0.507 e. The second-order valence-corrected chi connectivity index (χ2v) is 11.1. The van der Waals surface area contributed by atoms with Gasteiger partial charge in [-0.3, -0.25) is 0 Å². The predicted octanol–water partition coefficient (Wildman–Crippen LogP) is 3.94. The lowest BCUT2D eigenvalue weighted by Gasteiger charge is -2.25. The van der Waals surface area contributed by atoms with Gasteiger partial charge in [0.05, 0.1) is 12.8 Å². The molecule has 2 rings (SSSR count). The van der Waals surface area contributed by atoms with Crippen molar-refractivity contribution in [3.05, 3.63) is 47.5 Å². The summed E-state index contributed by atoms with van der Waals surface area (Å²) in [6, 6.07) is 12.0. The molecule has 2 aromatic carbocycles. The van der Waals surface area contributed by atoms with Gasteiger partial charge in [-0.1, -0.05) is 31.3 Å². The normalized spacial score (nSPS) is 11.3. The van der Waals surface area contributed by atoms with E-state index in [1.54, 1.807) is 0 Å². The summed E-state index contributed by atoms with van der Waals surface area (Å²) in [4.78, 5) is 0. The molecule has 0 heterocycles. The van der Waals surface area contributed by atoms with E-state index < -0.39 is 8.07 Å². The van der Waals surface area contributed by atoms with E-state index in [0.29, 0.717) is 18.6 Å². The van der Waals surface area contributed by atoms with Crippen LogP contribution >= 0.6 is 0 Å². The summed E-state index contributed by atoms with van der Waals surface area (Å²) in [6.45, 7) is 11.0. The molecule has 0 radical (unpaired) electrons. The third-order valence-corrected chi connectivity index (χ3v) is 6.72. The minimum atomic E-state index is -1.80. The zero-order valence-electron chi connectivity index (χ0n) is 14.6. The van der Waals surface area contributed by atoms with Crippen LogP contribution in [-0.4, -0.2) is 26.0 Å². The van der Waals surface area contributed by atoms with Crippen molar-refractivity contribution in [2.75, 3.05) is 12.8 Å². The molecule has 0 fully saturated rings. The molecule has 0 saturated heterocycles. The molecule has 0 aliphatic carbocycles. The average Bonchev–Trinajstić information content (AvgIpc) is 2.51. The van der Waals surface area contributed by atoms with Gasteiger partial charge >= 0.3 is 0 Å². The topological polar surface area (TPSA) is 38.7 Å². The zero-order valence-corrected chi connectivity index (χ0v) is 15.6. The predicted molar refractivity (Wildman–Crippen MR) is 97.8 cm³/mol. The first-order valence-electron chi connectivity index (χ1n) is 8.00. The van der Waals surface area contributed by atoms with Crippen LogP contribution in [0.15, 0.2) is 36.4 Å². The van der Waals surface area contributed by atoms with Gasteiger partial charge in [-0.15, -0.1) is 0 Å². The number of para-hydroxylation sites is 1. The molecule has 0 aromatic heterocycles. The SMILES string of the molecule is CCOc1ccccc1[Si](C)(C)COc1cc(C)c(O)c(C)c1. The van der Waals surface area contributed by atoms with Crippen LogP contribution in [0.1, 0.15) is 18.1 Å². The van der Waals surface area contributed by atoms with Crippen LogP contribution in [0.3, 0.4) is 0 Å². The Hall–Kier alpha value is -1.94. The highest BCUT2D eigenvalue weighted by Gasteiger charge is 2.28. The van der Waals surface area contributed by atoms with E-state index in [1.807, 2.05) is 45.0 Å². The van der Waals surface area contributed by atoms with Gasteiger partial charge in [0.1, 0.15) is 25.3 Å². The summed E-state index contributed by atoms with van der Waals surface area (Å²) in [5.74, 6) is 2.12. The third-order valence-electron chi connectivity index (χ3n) is 3.98. The van der Waals surface area contributed by atoms with Crippen molar-refractivity contribution in [1.82, 2.24) is 0 Å². The van der Waals surface area contributed by atoms with Crippen LogP contribution in [0, 0.1) is 13.8 Å². The number of rotatable bonds is 6. The first-order valence-corrected chi connectivity index (χ1v) is 11.2. The van der Waals surface area contributed by atoms with E-state index in [-0.39, 0.29) is 0 Å². The van der Waals surface area contributed by atoms with Crippen LogP contribution in [-0.2, 0) is 0 Å². The van der Waals surface area contributed by atoms with Gasteiger partial charge in [-0.2, -0.15) is 0 Å². The number of phenolic OH excluding ortho intramolecular Hbond substituents is 1. The smallest absolute Gasteiger partial charge is 0.128 e. The maximum Gasteiger partial charge on any atom is 0.128 e. The maximum atomic E-state index is 9.87. The monoisotopic (exact) mass is 330 g/mol. The fourth-order valence-electron chi connectivity index (χ4n) is 2.65. The molecular formula is C19H26O3Si. The molecular weight excluding hydrogens is 304 g/mol. The molecule has 4 heteroatoms. The van der Waals surface area contributed by atoms with Gasteiger partial charge in [0.25, 0.3) is 0 Å². The van der Waals surface area contributed by atoms with Gasteiger partial charge in [-0.25, -0.2) is 0 Å². The average molecular weight is 330 g/mol. The summed E-state index contributed by atoms with van der Waals surface area (Å²) in [6.07, 6.45) is 0.667. The second-order valence-electron chi connectivity index (χ2n) is 6.51. The number of hydrogen-bond acceptors (Lipinski definition) is 3. The highest BCUT2D eigenvalue weighted by molar-refractivity contribution is 6.90. The van der Waals surface area contributed by atoms with Crippen molar-refractivity contribution in [3.63, 3.8) is 0 Å². The Morgan fingerprint density at radius 1 is 1.00 bits per heavy atom. The van der Waals surface area contributed by atoms with E-state index in [2.05, 4.69) is 25.2 Å². The molecule has 0 saturated carbocycles. The fraction of sp³-hybridized carbons (Fsp3) is 0.368. The Morgan fingerprint density at radius 3 is 2.22 bits per heavy atom. The summed E-state index contributed by atoms with van der Waals surface area (Å²) >= 11 is 0. The molecule has 1 N–H and O–H groups in total. The lowest BCUT2D eigenvalue weighted by molar-refractivity contribution is 0.342. The van der Waals surface area contributed by atoms with Crippen molar-refractivity contribution in [2.24, 2.45) is 0 Å². The van der Waals surface area contributed by atoms with Crippen molar-refractivity contribution in [1.29, 1.82) is 0 Å². The zero-order chi connectivity index (χ0) is 17.0. The molecule has 124 valence electrons. The largest absolute Gasteiger partial charge is 0.507 e. The second kappa shape index (κ2) is 7.09. The first kappa shape index (κ1) is 17.4. The van der Waals surface area contributed by atoms with E-state index in [1.165, 1.54) is 5.19 Å². The Balaban J connectivity index is 2.19. The summed E-state index contributed by atoms with van der Waals surface area (Å²) in [5.41, 5.74) is 1.68. The molecule has 0 unspecified atom stereocenters. The third kappa shape index (κ3) is 4.08. The van der Waals surface area contributed by atoms with Crippen molar-refractivity contribution < 1.29 is 14.6 Å². The van der Waals surface area contributed by atoms with Crippen LogP contribution in [0.25, 0.3) is 0 Å². The lowest BCUT2D eigenvalue weighted by atomic mass is 10.1. The number of aryl methyl sites for hydroxylation is 2. The highest BCUT2D eigenvalue weighted by atomic mass is 28.3. The molecule has 23 heavy (non-hydrogen) atoms. The number of phenols is 1. The quantitative estimate of drug-likeness (QED) is 0.815. The molecule has 2 aromatic rings. The molecule has 0 atom stereocenters. The number of benzene rings is 2. The molecule has 0 aliphatic rings. The standard InChI is InChI=1S/C19H26O3Si/c1-6-21-17-9-7-8-10-18(17)23(4,5)13-22-16-11-14(2)19(20)15(3)12-16/h7-12,20H,6,13H2,1-5H3. The Kier molecular flexibility index (Phi) is 5.37. The number of hydrogen-bond donors (Lipinski definition) is 1. The summed E-state index contributed by atoms with van der Waals surface area (Å²) in [7, 11) is -1.80. The van der Waals surface area contributed by atoms with Crippen molar-refractivity contribution in [2.45, 2.75) is 33.9 Å². The Morgan fingerprint density at radius 2 is 1.61 bits per heavy atom. The van der Waals surface area contributed by atoms with Gasteiger partial charge in [0.2, 0.25) is 0 Å². The van der Waals surface area contributed by atoms with Gasteiger partial charge in [-0.05, 0) is 55.3 Å². The van der Waals surface area contributed by atoms with Crippen LogP contribution in [0.5, 0.6) is 17.2 Å².